The Bertz CT molecular complexity index is 172. The van der Waals surface area contributed by atoms with E-state index in [-0.39, 0.29) is 0 Å². The third-order valence-electron chi connectivity index (χ3n) is 0.627. The van der Waals surface area contributed by atoms with E-state index in [1.165, 1.54) is 0 Å². The van der Waals surface area contributed by atoms with Gasteiger partial charge >= 0.3 is 15.9 Å². The van der Waals surface area contributed by atoms with Crippen LogP contribution in [0.2, 0.25) is 0 Å². The Morgan fingerprint density at radius 2 is 2.12 bits per heavy atom. The molecule has 0 saturated carbocycles. The van der Waals surface area contributed by atoms with Gasteiger partial charge in [-0.3, -0.25) is 9.13 Å². The van der Waals surface area contributed by atoms with Crippen molar-refractivity contribution in [2.75, 3.05) is 0 Å². The van der Waals surface area contributed by atoms with Crippen molar-refractivity contribution in [1.29, 1.82) is 0 Å². The first-order valence-electron chi connectivity index (χ1n) is 1.83. The standard InChI is InChI=1S/C2H4O4P2/c1-2-8(4)5-7(3)6-8/h2,7H,1H2. The maximum atomic E-state index is 10.5. The minimum Gasteiger partial charge on any atom is -0.263 e. The van der Waals surface area contributed by atoms with Crippen LogP contribution in [0.4, 0.5) is 0 Å². The molecule has 1 rings (SSSR count). The summed E-state index contributed by atoms with van der Waals surface area (Å²) in [4.78, 5) is 0. The predicted octanol–water partition coefficient (Wildman–Crippen LogP) is 1.76. The van der Waals surface area contributed by atoms with Gasteiger partial charge in [0.05, 0.1) is 0 Å². The van der Waals surface area contributed by atoms with Crippen LogP contribution >= 0.6 is 15.9 Å². The average molecular weight is 154 g/mol. The maximum Gasteiger partial charge on any atom is 0.367 e. The first-order valence-corrected chi connectivity index (χ1v) is 4.66. The van der Waals surface area contributed by atoms with Crippen LogP contribution in [0.1, 0.15) is 0 Å². The normalized spacial score (nSPS) is 45.2. The fourth-order valence-electron chi connectivity index (χ4n) is 0.289. The summed E-state index contributed by atoms with van der Waals surface area (Å²) in [6.07, 6.45) is 0. The summed E-state index contributed by atoms with van der Waals surface area (Å²) in [6.45, 7) is 3.15. The molecule has 0 aromatic rings. The minimum absolute atomic E-state index is 1.03. The SMILES string of the molecule is C=CP1(=O)O[PH](=O)O1. The Kier molecular flexibility index (Phi) is 1.42. The molecule has 4 nitrogen and oxygen atoms in total. The second-order valence-corrected chi connectivity index (χ2v) is 4.56. The molecule has 1 aliphatic rings. The van der Waals surface area contributed by atoms with Crippen molar-refractivity contribution in [1.82, 2.24) is 0 Å². The molecule has 46 valence electrons. The van der Waals surface area contributed by atoms with Crippen molar-refractivity contribution >= 4 is 15.9 Å². The van der Waals surface area contributed by atoms with Crippen molar-refractivity contribution in [3.8, 4) is 0 Å². The molecule has 0 N–H and O–H groups in total. The molecule has 6 heteroatoms. The zero-order chi connectivity index (χ0) is 6.20. The molecule has 1 saturated heterocycles. The van der Waals surface area contributed by atoms with E-state index in [4.69, 9.17) is 0 Å². The Balaban J connectivity index is 2.66. The van der Waals surface area contributed by atoms with Gasteiger partial charge in [-0.05, 0) is 0 Å². The van der Waals surface area contributed by atoms with Gasteiger partial charge < -0.3 is 0 Å². The predicted molar refractivity (Wildman–Crippen MR) is 29.0 cm³/mol. The summed E-state index contributed by atoms with van der Waals surface area (Å²) >= 11 is 0. The molecule has 8 heavy (non-hydrogen) atoms. The average Bonchev–Trinajstić information content (AvgIpc) is 1.63. The van der Waals surface area contributed by atoms with Gasteiger partial charge in [0.15, 0.2) is 0 Å². The summed E-state index contributed by atoms with van der Waals surface area (Å²) in [6, 6.07) is 0. The van der Waals surface area contributed by atoms with Gasteiger partial charge in [0.2, 0.25) is 0 Å². The zero-order valence-electron chi connectivity index (χ0n) is 3.86. The molecule has 0 aromatic carbocycles. The smallest absolute Gasteiger partial charge is 0.263 e. The molecule has 1 aliphatic heterocycles. The van der Waals surface area contributed by atoms with Crippen molar-refractivity contribution in [3.63, 3.8) is 0 Å². The molecule has 0 bridgehead atoms. The second kappa shape index (κ2) is 1.82. The fourth-order valence-corrected chi connectivity index (χ4v) is 2.60. The van der Waals surface area contributed by atoms with E-state index in [0.717, 1.165) is 5.82 Å². The Hall–Kier alpha value is 0.120. The van der Waals surface area contributed by atoms with Crippen molar-refractivity contribution < 1.29 is 17.8 Å². The summed E-state index contributed by atoms with van der Waals surface area (Å²) in [7, 11) is -5.43. The third kappa shape index (κ3) is 0.932. The maximum absolute atomic E-state index is 10.5. The van der Waals surface area contributed by atoms with Crippen molar-refractivity contribution in [2.24, 2.45) is 0 Å². The summed E-state index contributed by atoms with van der Waals surface area (Å²) < 4.78 is 29.0. The van der Waals surface area contributed by atoms with Gasteiger partial charge in [-0.15, -0.1) is 0 Å². The van der Waals surface area contributed by atoms with Gasteiger partial charge in [0, 0.05) is 5.82 Å². The third-order valence-corrected chi connectivity index (χ3v) is 4.30. The molecule has 1 fully saturated rings. The zero-order valence-corrected chi connectivity index (χ0v) is 5.76. The van der Waals surface area contributed by atoms with Crippen LogP contribution in [0.3, 0.4) is 0 Å². The highest BCUT2D eigenvalue weighted by Crippen LogP contribution is 2.72. The number of hydrogen-bond acceptors (Lipinski definition) is 4. The molecular weight excluding hydrogens is 150 g/mol. The Morgan fingerprint density at radius 1 is 1.62 bits per heavy atom. The van der Waals surface area contributed by atoms with Gasteiger partial charge in [-0.2, -0.15) is 0 Å². The topological polar surface area (TPSA) is 52.6 Å². The lowest BCUT2D eigenvalue weighted by Gasteiger charge is -2.20. The van der Waals surface area contributed by atoms with Crippen LogP contribution in [0, 0.1) is 0 Å². The van der Waals surface area contributed by atoms with E-state index in [0.29, 0.717) is 0 Å². The van der Waals surface area contributed by atoms with Gasteiger partial charge in [0.1, 0.15) is 0 Å². The molecular formula is C2H4O4P2. The monoisotopic (exact) mass is 154 g/mol. The molecule has 0 aliphatic carbocycles. The lowest BCUT2D eigenvalue weighted by atomic mass is 11.3. The summed E-state index contributed by atoms with van der Waals surface area (Å²) in [5.74, 6) is 1.03. The molecule has 0 radical (unpaired) electrons. The summed E-state index contributed by atoms with van der Waals surface area (Å²) in [5, 5.41) is 0. The van der Waals surface area contributed by atoms with Crippen LogP contribution in [0.5, 0.6) is 0 Å². The van der Waals surface area contributed by atoms with Crippen LogP contribution in [-0.4, -0.2) is 0 Å². The number of rotatable bonds is 1. The number of hydrogen-bond donors (Lipinski definition) is 0. The second-order valence-electron chi connectivity index (χ2n) is 1.15. The first kappa shape index (κ1) is 6.24. The fraction of sp³-hybridized carbons (Fsp3) is 0. The molecule has 0 atom stereocenters. The molecule has 1 heterocycles. The minimum atomic E-state index is -3.03. The van der Waals surface area contributed by atoms with Gasteiger partial charge in [-0.25, -0.2) is 8.62 Å². The van der Waals surface area contributed by atoms with E-state index in [2.05, 4.69) is 15.2 Å². The van der Waals surface area contributed by atoms with E-state index < -0.39 is 15.9 Å². The highest BCUT2D eigenvalue weighted by atomic mass is 31.3. The van der Waals surface area contributed by atoms with Gasteiger partial charge in [0.25, 0.3) is 0 Å². The lowest BCUT2D eigenvalue weighted by molar-refractivity contribution is 0.308. The van der Waals surface area contributed by atoms with E-state index in [1.54, 1.807) is 0 Å². The van der Waals surface area contributed by atoms with Crippen LogP contribution in [0.25, 0.3) is 0 Å². The van der Waals surface area contributed by atoms with E-state index >= 15 is 0 Å². The quantitative estimate of drug-likeness (QED) is 0.540. The molecule has 0 amide bonds. The van der Waals surface area contributed by atoms with Crippen molar-refractivity contribution in [3.05, 3.63) is 12.4 Å². The molecule has 0 spiro atoms. The highest BCUT2D eigenvalue weighted by Gasteiger charge is 2.36. The van der Waals surface area contributed by atoms with Crippen LogP contribution < -0.4 is 0 Å². The highest BCUT2D eigenvalue weighted by molar-refractivity contribution is 7.74. The van der Waals surface area contributed by atoms with Crippen LogP contribution in [-0.2, 0) is 17.8 Å². The first-order chi connectivity index (χ1) is 3.66. The van der Waals surface area contributed by atoms with Crippen LogP contribution in [0.15, 0.2) is 12.4 Å². The molecule has 0 aromatic heterocycles. The lowest BCUT2D eigenvalue weighted by Crippen LogP contribution is -1.90. The largest absolute Gasteiger partial charge is 0.367 e. The Morgan fingerprint density at radius 3 is 2.25 bits per heavy atom. The van der Waals surface area contributed by atoms with E-state index in [9.17, 15) is 9.13 Å². The van der Waals surface area contributed by atoms with E-state index in [1.807, 2.05) is 0 Å². The Labute approximate surface area is 47.0 Å². The van der Waals surface area contributed by atoms with Crippen molar-refractivity contribution in [2.45, 2.75) is 0 Å². The summed E-state index contributed by atoms with van der Waals surface area (Å²) in [5.41, 5.74) is 0. The van der Waals surface area contributed by atoms with Gasteiger partial charge in [-0.1, -0.05) is 6.58 Å². The molecule has 0 unspecified atom stereocenters.